The van der Waals surface area contributed by atoms with Crippen LogP contribution in [0.2, 0.25) is 0 Å². The quantitative estimate of drug-likeness (QED) is 0.835. The Morgan fingerprint density at radius 2 is 1.69 bits per heavy atom. The number of carbonyl (C=O) groups is 2. The molecule has 0 aliphatic carbocycles. The van der Waals surface area contributed by atoms with E-state index < -0.39 is 0 Å². The molecule has 0 bridgehead atoms. The van der Waals surface area contributed by atoms with Gasteiger partial charge in [0.2, 0.25) is 11.8 Å². The highest BCUT2D eigenvalue weighted by Gasteiger charge is 2.28. The van der Waals surface area contributed by atoms with Crippen LogP contribution in [0.25, 0.3) is 0 Å². The molecule has 1 atom stereocenters. The number of piperazine rings is 1. The minimum atomic E-state index is -0.330. The second kappa shape index (κ2) is 8.60. The van der Waals surface area contributed by atoms with Crippen LogP contribution in [0.15, 0.2) is 24.3 Å². The van der Waals surface area contributed by atoms with E-state index in [9.17, 15) is 14.0 Å². The van der Waals surface area contributed by atoms with Crippen molar-refractivity contribution in [3.63, 3.8) is 0 Å². The van der Waals surface area contributed by atoms with E-state index in [1.807, 2.05) is 27.7 Å². The maximum atomic E-state index is 12.9. The molecule has 2 rings (SSSR count). The van der Waals surface area contributed by atoms with Gasteiger partial charge >= 0.3 is 0 Å². The Balaban J connectivity index is 1.76. The van der Waals surface area contributed by atoms with Gasteiger partial charge in [0.15, 0.2) is 0 Å². The van der Waals surface area contributed by atoms with E-state index in [4.69, 9.17) is 0 Å². The smallest absolute Gasteiger partial charge is 0.238 e. The number of benzene rings is 1. The predicted molar refractivity (Wildman–Crippen MR) is 100 cm³/mol. The zero-order valence-corrected chi connectivity index (χ0v) is 16.0. The second-order valence-electron chi connectivity index (χ2n) is 7.78. The Morgan fingerprint density at radius 3 is 2.23 bits per heavy atom. The van der Waals surface area contributed by atoms with Gasteiger partial charge in [-0.15, -0.1) is 0 Å². The highest BCUT2D eigenvalue weighted by Crippen LogP contribution is 2.10. The number of halogens is 1. The van der Waals surface area contributed by atoms with Crippen molar-refractivity contribution in [1.29, 1.82) is 0 Å². The van der Waals surface area contributed by atoms with Crippen LogP contribution in [0.3, 0.4) is 0 Å². The number of hydrogen-bond donors (Lipinski definition) is 2. The summed E-state index contributed by atoms with van der Waals surface area (Å²) >= 11 is 0. The van der Waals surface area contributed by atoms with Crippen molar-refractivity contribution in [2.45, 2.75) is 39.3 Å². The fraction of sp³-hybridized carbons (Fsp3) is 0.579. The minimum absolute atomic E-state index is 0.0278. The van der Waals surface area contributed by atoms with Crippen LogP contribution < -0.4 is 10.6 Å². The number of hydrogen-bond acceptors (Lipinski definition) is 4. The first kappa shape index (κ1) is 20.3. The van der Waals surface area contributed by atoms with E-state index in [-0.39, 0.29) is 35.8 Å². The lowest BCUT2D eigenvalue weighted by molar-refractivity contribution is -0.128. The highest BCUT2D eigenvalue weighted by atomic mass is 19.1. The first-order chi connectivity index (χ1) is 12.1. The minimum Gasteiger partial charge on any atom is -0.350 e. The van der Waals surface area contributed by atoms with E-state index in [0.717, 1.165) is 26.2 Å². The van der Waals surface area contributed by atoms with Crippen LogP contribution in [-0.2, 0) is 9.59 Å². The highest BCUT2D eigenvalue weighted by molar-refractivity contribution is 5.92. The number of amides is 2. The fourth-order valence-electron chi connectivity index (χ4n) is 2.89. The van der Waals surface area contributed by atoms with Gasteiger partial charge in [-0.05, 0) is 52.0 Å². The molecule has 0 aromatic heterocycles. The monoisotopic (exact) mass is 364 g/mol. The number of rotatable bonds is 5. The molecule has 1 heterocycles. The Morgan fingerprint density at radius 1 is 1.12 bits per heavy atom. The Hall–Kier alpha value is -1.99. The van der Waals surface area contributed by atoms with Crippen LogP contribution >= 0.6 is 0 Å². The Kier molecular flexibility index (Phi) is 6.72. The molecule has 1 aliphatic rings. The molecule has 6 nitrogen and oxygen atoms in total. The molecule has 1 aliphatic heterocycles. The summed E-state index contributed by atoms with van der Waals surface area (Å²) in [5.74, 6) is -0.424. The van der Waals surface area contributed by atoms with Crippen LogP contribution in [0, 0.1) is 5.82 Å². The van der Waals surface area contributed by atoms with Crippen LogP contribution in [0.5, 0.6) is 0 Å². The summed E-state index contributed by atoms with van der Waals surface area (Å²) in [6, 6.07) is 5.53. The molecule has 1 saturated heterocycles. The van der Waals surface area contributed by atoms with E-state index >= 15 is 0 Å². The summed E-state index contributed by atoms with van der Waals surface area (Å²) in [7, 11) is 0. The van der Waals surface area contributed by atoms with Crippen molar-refractivity contribution in [1.82, 2.24) is 15.1 Å². The van der Waals surface area contributed by atoms with Gasteiger partial charge in [0, 0.05) is 37.4 Å². The average molecular weight is 364 g/mol. The standard InChI is InChI=1S/C19H29FN4O2/c1-14(18(26)22-19(2,3)4)24-11-9-23(10-12-24)13-17(25)21-16-7-5-15(20)6-8-16/h5-8,14H,9-13H2,1-4H3,(H,21,25)(H,22,26)/t14-/m0/s1. The van der Waals surface area contributed by atoms with Crippen molar-refractivity contribution in [3.05, 3.63) is 30.1 Å². The Bertz CT molecular complexity index is 619. The van der Waals surface area contributed by atoms with Gasteiger partial charge in [-0.3, -0.25) is 19.4 Å². The molecule has 1 aromatic rings. The third-order valence-electron chi connectivity index (χ3n) is 4.33. The number of nitrogens with zero attached hydrogens (tertiary/aromatic N) is 2. The maximum absolute atomic E-state index is 12.9. The number of carbonyl (C=O) groups excluding carboxylic acids is 2. The molecule has 1 aromatic carbocycles. The summed E-state index contributed by atoms with van der Waals surface area (Å²) in [6.07, 6.45) is 0. The number of anilines is 1. The number of nitrogens with one attached hydrogen (secondary N) is 2. The zero-order chi connectivity index (χ0) is 19.3. The predicted octanol–water partition coefficient (Wildman–Crippen LogP) is 1.68. The molecule has 0 radical (unpaired) electrons. The van der Waals surface area contributed by atoms with Crippen molar-refractivity contribution in [2.75, 3.05) is 38.0 Å². The SMILES string of the molecule is C[C@@H](C(=O)NC(C)(C)C)N1CCN(CC(=O)Nc2ccc(F)cc2)CC1. The molecule has 2 amide bonds. The van der Waals surface area contributed by atoms with Gasteiger partial charge < -0.3 is 10.6 Å². The molecule has 0 saturated carbocycles. The molecule has 2 N–H and O–H groups in total. The molecule has 1 fully saturated rings. The largest absolute Gasteiger partial charge is 0.350 e. The molecule has 0 spiro atoms. The van der Waals surface area contributed by atoms with Crippen LogP contribution in [-0.4, -0.2) is 65.9 Å². The average Bonchev–Trinajstić information content (AvgIpc) is 2.55. The van der Waals surface area contributed by atoms with E-state index in [2.05, 4.69) is 20.4 Å². The van der Waals surface area contributed by atoms with Crippen molar-refractivity contribution >= 4 is 17.5 Å². The van der Waals surface area contributed by atoms with Crippen LogP contribution in [0.1, 0.15) is 27.7 Å². The van der Waals surface area contributed by atoms with Gasteiger partial charge in [0.05, 0.1) is 12.6 Å². The lowest BCUT2D eigenvalue weighted by Gasteiger charge is -2.38. The molecule has 26 heavy (non-hydrogen) atoms. The molecular formula is C19H29FN4O2. The molecular weight excluding hydrogens is 335 g/mol. The van der Waals surface area contributed by atoms with Gasteiger partial charge in [0.25, 0.3) is 0 Å². The lowest BCUT2D eigenvalue weighted by atomic mass is 10.1. The zero-order valence-electron chi connectivity index (χ0n) is 16.0. The first-order valence-electron chi connectivity index (χ1n) is 8.98. The molecule has 144 valence electrons. The van der Waals surface area contributed by atoms with Crippen molar-refractivity contribution in [3.8, 4) is 0 Å². The molecule has 7 heteroatoms. The topological polar surface area (TPSA) is 64.7 Å². The summed E-state index contributed by atoms with van der Waals surface area (Å²) < 4.78 is 12.9. The summed E-state index contributed by atoms with van der Waals surface area (Å²) in [5, 5.41) is 5.78. The van der Waals surface area contributed by atoms with Gasteiger partial charge in [-0.1, -0.05) is 0 Å². The van der Waals surface area contributed by atoms with Gasteiger partial charge in [-0.2, -0.15) is 0 Å². The van der Waals surface area contributed by atoms with Crippen molar-refractivity contribution in [2.24, 2.45) is 0 Å². The van der Waals surface area contributed by atoms with Gasteiger partial charge in [0.1, 0.15) is 5.82 Å². The van der Waals surface area contributed by atoms with E-state index in [0.29, 0.717) is 5.69 Å². The summed E-state index contributed by atoms with van der Waals surface area (Å²) in [4.78, 5) is 28.6. The molecule has 0 unspecified atom stereocenters. The maximum Gasteiger partial charge on any atom is 0.238 e. The lowest BCUT2D eigenvalue weighted by Crippen LogP contribution is -2.56. The third-order valence-corrected chi connectivity index (χ3v) is 4.33. The van der Waals surface area contributed by atoms with Crippen molar-refractivity contribution < 1.29 is 14.0 Å². The second-order valence-corrected chi connectivity index (χ2v) is 7.78. The van der Waals surface area contributed by atoms with E-state index in [1.165, 1.54) is 12.1 Å². The Labute approximate surface area is 154 Å². The first-order valence-corrected chi connectivity index (χ1v) is 8.98. The normalized spacial score (nSPS) is 17.6. The third kappa shape index (κ3) is 6.38. The van der Waals surface area contributed by atoms with Crippen LogP contribution in [0.4, 0.5) is 10.1 Å². The summed E-state index contributed by atoms with van der Waals surface area (Å²) in [5.41, 5.74) is 0.341. The van der Waals surface area contributed by atoms with Gasteiger partial charge in [-0.25, -0.2) is 4.39 Å². The fourth-order valence-corrected chi connectivity index (χ4v) is 2.89. The summed E-state index contributed by atoms with van der Waals surface area (Å²) in [6.45, 7) is 11.0. The van der Waals surface area contributed by atoms with E-state index in [1.54, 1.807) is 12.1 Å².